The number of hydrogen-bond donors (Lipinski definition) is 2. The van der Waals surface area contributed by atoms with Crippen molar-refractivity contribution >= 4 is 11.6 Å². The molecule has 0 aliphatic rings. The van der Waals surface area contributed by atoms with Crippen molar-refractivity contribution < 1.29 is 4.79 Å². The number of nitrogens with one attached hydrogen (secondary N) is 2. The van der Waals surface area contributed by atoms with Gasteiger partial charge in [0, 0.05) is 18.4 Å². The van der Waals surface area contributed by atoms with Crippen molar-refractivity contribution in [1.29, 1.82) is 0 Å². The van der Waals surface area contributed by atoms with Gasteiger partial charge in [-0.3, -0.25) is 9.48 Å². The van der Waals surface area contributed by atoms with Crippen molar-refractivity contribution in [2.24, 2.45) is 0 Å². The van der Waals surface area contributed by atoms with Gasteiger partial charge in [0.25, 0.3) is 0 Å². The Morgan fingerprint density at radius 1 is 1.35 bits per heavy atom. The third-order valence-corrected chi connectivity index (χ3v) is 2.98. The van der Waals surface area contributed by atoms with Crippen molar-refractivity contribution in [2.45, 2.75) is 26.4 Å². The Hall–Kier alpha value is -2.21. The zero-order chi connectivity index (χ0) is 14.4. The van der Waals surface area contributed by atoms with Crippen LogP contribution in [0.15, 0.2) is 36.7 Å². The van der Waals surface area contributed by atoms with Gasteiger partial charge in [0.05, 0.1) is 18.8 Å². The van der Waals surface area contributed by atoms with E-state index in [2.05, 4.69) is 20.9 Å². The van der Waals surface area contributed by atoms with Crippen LogP contribution >= 0.6 is 0 Å². The first-order valence-corrected chi connectivity index (χ1v) is 6.60. The third kappa shape index (κ3) is 4.17. The van der Waals surface area contributed by atoms with E-state index in [1.807, 2.05) is 38.1 Å². The van der Waals surface area contributed by atoms with Crippen LogP contribution in [0, 0.1) is 6.92 Å². The van der Waals surface area contributed by atoms with Crippen LogP contribution in [0.5, 0.6) is 0 Å². The number of rotatable bonds is 6. The highest BCUT2D eigenvalue weighted by Gasteiger charge is 2.11. The standard InChI is InChI=1S/C14H19N5O/c1-11-3-5-13(6-4-11)17-14(20)12(2)15-7-9-19-10-8-16-18-19/h3-6,8,10,12,15H,7,9H2,1-2H3,(H,17,20). The lowest BCUT2D eigenvalue weighted by atomic mass is 10.2. The lowest BCUT2D eigenvalue weighted by Gasteiger charge is -2.14. The molecule has 1 aromatic carbocycles. The van der Waals surface area contributed by atoms with E-state index < -0.39 is 0 Å². The third-order valence-electron chi connectivity index (χ3n) is 2.98. The molecule has 0 bridgehead atoms. The largest absolute Gasteiger partial charge is 0.325 e. The first kappa shape index (κ1) is 14.2. The van der Waals surface area contributed by atoms with Gasteiger partial charge in [-0.05, 0) is 26.0 Å². The number of anilines is 1. The Morgan fingerprint density at radius 3 is 2.75 bits per heavy atom. The van der Waals surface area contributed by atoms with Crippen molar-refractivity contribution in [1.82, 2.24) is 20.3 Å². The molecule has 1 amide bonds. The maximum absolute atomic E-state index is 12.0. The number of hydrogen-bond acceptors (Lipinski definition) is 4. The minimum Gasteiger partial charge on any atom is -0.325 e. The van der Waals surface area contributed by atoms with Gasteiger partial charge >= 0.3 is 0 Å². The molecule has 0 aliphatic carbocycles. The number of carbonyl (C=O) groups excluding carboxylic acids is 1. The molecule has 0 saturated carbocycles. The highest BCUT2D eigenvalue weighted by molar-refractivity contribution is 5.94. The number of nitrogens with zero attached hydrogens (tertiary/aromatic N) is 3. The molecule has 6 heteroatoms. The second kappa shape index (κ2) is 6.81. The van der Waals surface area contributed by atoms with E-state index in [1.165, 1.54) is 5.56 Å². The van der Waals surface area contributed by atoms with Crippen LogP contribution in [0.3, 0.4) is 0 Å². The Bertz CT molecular complexity index is 535. The van der Waals surface area contributed by atoms with Crippen LogP contribution in [-0.2, 0) is 11.3 Å². The lowest BCUT2D eigenvalue weighted by molar-refractivity contribution is -0.117. The maximum Gasteiger partial charge on any atom is 0.241 e. The molecule has 20 heavy (non-hydrogen) atoms. The van der Waals surface area contributed by atoms with Crippen LogP contribution in [0.25, 0.3) is 0 Å². The van der Waals surface area contributed by atoms with E-state index in [9.17, 15) is 4.79 Å². The molecule has 0 saturated heterocycles. The molecule has 1 atom stereocenters. The second-order valence-electron chi connectivity index (χ2n) is 4.70. The number of aromatic nitrogens is 3. The number of benzene rings is 1. The molecule has 0 spiro atoms. The molecule has 2 aromatic rings. The summed E-state index contributed by atoms with van der Waals surface area (Å²) in [4.78, 5) is 12.0. The van der Waals surface area contributed by atoms with Crippen LogP contribution in [0.2, 0.25) is 0 Å². The molecule has 2 N–H and O–H groups in total. The zero-order valence-electron chi connectivity index (χ0n) is 11.7. The number of amides is 1. The summed E-state index contributed by atoms with van der Waals surface area (Å²) in [6.45, 7) is 5.19. The van der Waals surface area contributed by atoms with Crippen LogP contribution in [-0.4, -0.2) is 33.5 Å². The highest BCUT2D eigenvalue weighted by Crippen LogP contribution is 2.08. The molecule has 1 heterocycles. The normalized spacial score (nSPS) is 12.1. The minimum absolute atomic E-state index is 0.0487. The second-order valence-corrected chi connectivity index (χ2v) is 4.70. The minimum atomic E-state index is -0.264. The van der Waals surface area contributed by atoms with Gasteiger partial charge in [-0.2, -0.15) is 0 Å². The van der Waals surface area contributed by atoms with E-state index in [0.717, 1.165) is 5.69 Å². The summed E-state index contributed by atoms with van der Waals surface area (Å²) in [7, 11) is 0. The van der Waals surface area contributed by atoms with Gasteiger partial charge < -0.3 is 10.6 Å². The maximum atomic E-state index is 12.0. The fourth-order valence-corrected chi connectivity index (χ4v) is 1.73. The zero-order valence-corrected chi connectivity index (χ0v) is 11.7. The molecule has 106 valence electrons. The summed E-state index contributed by atoms with van der Waals surface area (Å²) in [5.41, 5.74) is 1.98. The number of aryl methyl sites for hydroxylation is 1. The molecular weight excluding hydrogens is 254 g/mol. The first-order valence-electron chi connectivity index (χ1n) is 6.60. The highest BCUT2D eigenvalue weighted by atomic mass is 16.2. The average molecular weight is 273 g/mol. The summed E-state index contributed by atoms with van der Waals surface area (Å²) < 4.78 is 1.72. The van der Waals surface area contributed by atoms with Crippen LogP contribution in [0.1, 0.15) is 12.5 Å². The van der Waals surface area contributed by atoms with Gasteiger partial charge in [0.15, 0.2) is 0 Å². The molecular formula is C14H19N5O. The van der Waals surface area contributed by atoms with Crippen LogP contribution < -0.4 is 10.6 Å². The van der Waals surface area contributed by atoms with E-state index in [4.69, 9.17) is 0 Å². The summed E-state index contributed by atoms with van der Waals surface area (Å²) in [5.74, 6) is -0.0487. The average Bonchev–Trinajstić information content (AvgIpc) is 2.94. The summed E-state index contributed by atoms with van der Waals surface area (Å²) >= 11 is 0. The molecule has 2 rings (SSSR count). The van der Waals surface area contributed by atoms with Crippen LogP contribution in [0.4, 0.5) is 5.69 Å². The predicted octanol–water partition coefficient (Wildman–Crippen LogP) is 1.20. The Kier molecular flexibility index (Phi) is 4.84. The molecule has 0 fully saturated rings. The summed E-state index contributed by atoms with van der Waals surface area (Å²) in [6.07, 6.45) is 3.42. The quantitative estimate of drug-likeness (QED) is 0.829. The van der Waals surface area contributed by atoms with E-state index in [-0.39, 0.29) is 11.9 Å². The molecule has 0 aliphatic heterocycles. The molecule has 1 unspecified atom stereocenters. The molecule has 0 radical (unpaired) electrons. The fourth-order valence-electron chi connectivity index (χ4n) is 1.73. The Labute approximate surface area is 118 Å². The van der Waals surface area contributed by atoms with Gasteiger partial charge in [0.2, 0.25) is 5.91 Å². The van der Waals surface area contributed by atoms with Crippen molar-refractivity contribution in [3.8, 4) is 0 Å². The predicted molar refractivity (Wildman–Crippen MR) is 77.3 cm³/mol. The van der Waals surface area contributed by atoms with Gasteiger partial charge in [-0.25, -0.2) is 0 Å². The molecule has 6 nitrogen and oxygen atoms in total. The Balaban J connectivity index is 1.75. The van der Waals surface area contributed by atoms with Crippen molar-refractivity contribution in [3.05, 3.63) is 42.2 Å². The fraction of sp³-hybridized carbons (Fsp3) is 0.357. The number of carbonyl (C=O) groups is 1. The van der Waals surface area contributed by atoms with Gasteiger partial charge in [-0.15, -0.1) is 5.10 Å². The smallest absolute Gasteiger partial charge is 0.241 e. The monoisotopic (exact) mass is 273 g/mol. The van der Waals surface area contributed by atoms with E-state index in [0.29, 0.717) is 13.1 Å². The summed E-state index contributed by atoms with van der Waals surface area (Å²) in [5, 5.41) is 13.6. The molecule has 1 aromatic heterocycles. The SMILES string of the molecule is Cc1ccc(NC(=O)C(C)NCCn2ccnn2)cc1. The van der Waals surface area contributed by atoms with E-state index >= 15 is 0 Å². The first-order chi connectivity index (χ1) is 9.65. The lowest BCUT2D eigenvalue weighted by Crippen LogP contribution is -2.39. The summed E-state index contributed by atoms with van der Waals surface area (Å²) in [6, 6.07) is 7.47. The topological polar surface area (TPSA) is 71.8 Å². The van der Waals surface area contributed by atoms with Gasteiger partial charge in [0.1, 0.15) is 0 Å². The van der Waals surface area contributed by atoms with Crippen molar-refractivity contribution in [3.63, 3.8) is 0 Å². The van der Waals surface area contributed by atoms with Gasteiger partial charge in [-0.1, -0.05) is 22.9 Å². The Morgan fingerprint density at radius 2 is 2.10 bits per heavy atom. The van der Waals surface area contributed by atoms with Crippen molar-refractivity contribution in [2.75, 3.05) is 11.9 Å². The van der Waals surface area contributed by atoms with E-state index in [1.54, 1.807) is 17.1 Å².